The maximum atomic E-state index is 6.27. The molecule has 0 unspecified atom stereocenters. The third-order valence-corrected chi connectivity index (χ3v) is 4.94. The van der Waals surface area contributed by atoms with Crippen LogP contribution in [0.25, 0.3) is 11.2 Å². The minimum atomic E-state index is -0.780. The summed E-state index contributed by atoms with van der Waals surface area (Å²) in [5, 5.41) is 0. The van der Waals surface area contributed by atoms with E-state index in [0.717, 1.165) is 13.1 Å². The molecule has 0 amide bonds. The van der Waals surface area contributed by atoms with E-state index in [4.69, 9.17) is 25.7 Å². The van der Waals surface area contributed by atoms with Gasteiger partial charge in [-0.15, -0.1) is 0 Å². The number of aromatic nitrogens is 4. The molecule has 10 heteroatoms. The van der Waals surface area contributed by atoms with E-state index in [-0.39, 0.29) is 12.2 Å². The van der Waals surface area contributed by atoms with Gasteiger partial charge in [0.05, 0.1) is 6.33 Å². The quantitative estimate of drug-likeness (QED) is 0.625. The standard InChI is InChI=1S/C19H33N7O3/c1-12(2)8-25(7-6-20)9-13(27-5)15-18(29-19(3,4)28-15)26-11-24-14-16(21)22-10-23-17(14)26/h10-13,15,18H,6-9,20H2,1-5H3,(H2,21,22,23)/t13-,15-,18-/m1/s1. The van der Waals surface area contributed by atoms with E-state index in [1.807, 2.05) is 18.4 Å². The smallest absolute Gasteiger partial charge is 0.169 e. The van der Waals surface area contributed by atoms with Crippen LogP contribution in [0, 0.1) is 5.92 Å². The fourth-order valence-electron chi connectivity index (χ4n) is 3.83. The number of rotatable bonds is 9. The number of methoxy groups -OCH3 is 1. The molecular weight excluding hydrogens is 374 g/mol. The van der Waals surface area contributed by atoms with E-state index in [0.29, 0.717) is 36.0 Å². The van der Waals surface area contributed by atoms with Crippen LogP contribution in [0.5, 0.6) is 0 Å². The van der Waals surface area contributed by atoms with Crippen molar-refractivity contribution in [3.63, 3.8) is 0 Å². The van der Waals surface area contributed by atoms with Gasteiger partial charge >= 0.3 is 0 Å². The molecule has 1 aliphatic heterocycles. The van der Waals surface area contributed by atoms with Crippen LogP contribution < -0.4 is 11.5 Å². The normalized spacial score (nSPS) is 22.8. The number of hydrogen-bond acceptors (Lipinski definition) is 9. The number of nitrogen functional groups attached to an aromatic ring is 1. The Kier molecular flexibility index (Phi) is 6.69. The van der Waals surface area contributed by atoms with Gasteiger partial charge in [-0.2, -0.15) is 0 Å². The number of nitrogens with two attached hydrogens (primary N) is 2. The van der Waals surface area contributed by atoms with E-state index in [1.165, 1.54) is 6.33 Å². The van der Waals surface area contributed by atoms with Crippen molar-refractivity contribution < 1.29 is 14.2 Å². The summed E-state index contributed by atoms with van der Waals surface area (Å²) in [6.45, 7) is 11.1. The van der Waals surface area contributed by atoms with Crippen molar-refractivity contribution in [2.75, 3.05) is 39.0 Å². The molecule has 0 radical (unpaired) electrons. The molecule has 2 aromatic heterocycles. The zero-order valence-electron chi connectivity index (χ0n) is 17.9. The first-order valence-electron chi connectivity index (χ1n) is 9.99. The predicted molar refractivity (Wildman–Crippen MR) is 110 cm³/mol. The van der Waals surface area contributed by atoms with Crippen molar-refractivity contribution in [3.05, 3.63) is 12.7 Å². The van der Waals surface area contributed by atoms with Gasteiger partial charge in [0.25, 0.3) is 0 Å². The molecular formula is C19H33N7O3. The monoisotopic (exact) mass is 407 g/mol. The largest absolute Gasteiger partial charge is 0.382 e. The number of fused-ring (bicyclic) bond motifs is 1. The maximum absolute atomic E-state index is 6.27. The summed E-state index contributed by atoms with van der Waals surface area (Å²) in [5.41, 5.74) is 12.9. The zero-order chi connectivity index (χ0) is 21.2. The summed E-state index contributed by atoms with van der Waals surface area (Å²) in [6, 6.07) is 0. The molecule has 0 aliphatic carbocycles. The topological polar surface area (TPSA) is 127 Å². The van der Waals surface area contributed by atoms with Crippen LogP contribution in [0.1, 0.15) is 33.9 Å². The van der Waals surface area contributed by atoms with Gasteiger partial charge in [0.2, 0.25) is 0 Å². The van der Waals surface area contributed by atoms with Crippen molar-refractivity contribution in [3.8, 4) is 0 Å². The summed E-state index contributed by atoms with van der Waals surface area (Å²) < 4.78 is 20.2. The Hall–Kier alpha value is -1.85. The van der Waals surface area contributed by atoms with Crippen molar-refractivity contribution in [1.29, 1.82) is 0 Å². The Morgan fingerprint density at radius 3 is 2.66 bits per heavy atom. The van der Waals surface area contributed by atoms with Crippen LogP contribution >= 0.6 is 0 Å². The highest BCUT2D eigenvalue weighted by Crippen LogP contribution is 2.38. The van der Waals surface area contributed by atoms with E-state index >= 15 is 0 Å². The first kappa shape index (κ1) is 21.8. The molecule has 2 aromatic rings. The number of anilines is 1. The highest BCUT2D eigenvalue weighted by Gasteiger charge is 2.47. The van der Waals surface area contributed by atoms with Crippen LogP contribution in [0.2, 0.25) is 0 Å². The van der Waals surface area contributed by atoms with Gasteiger partial charge in [0.15, 0.2) is 23.5 Å². The molecule has 10 nitrogen and oxygen atoms in total. The van der Waals surface area contributed by atoms with Gasteiger partial charge in [-0.05, 0) is 19.8 Å². The van der Waals surface area contributed by atoms with Crippen LogP contribution in [0.3, 0.4) is 0 Å². The average Bonchev–Trinajstić information content (AvgIpc) is 3.20. The van der Waals surface area contributed by atoms with Crippen LogP contribution in [0.4, 0.5) is 5.82 Å². The minimum absolute atomic E-state index is 0.233. The van der Waals surface area contributed by atoms with E-state index in [1.54, 1.807) is 13.4 Å². The first-order chi connectivity index (χ1) is 13.8. The van der Waals surface area contributed by atoms with Gasteiger partial charge in [-0.3, -0.25) is 9.47 Å². The summed E-state index contributed by atoms with van der Waals surface area (Å²) in [4.78, 5) is 15.0. The third-order valence-electron chi connectivity index (χ3n) is 4.94. The maximum Gasteiger partial charge on any atom is 0.169 e. The Morgan fingerprint density at radius 2 is 2.00 bits per heavy atom. The van der Waals surface area contributed by atoms with Crippen molar-refractivity contribution in [2.24, 2.45) is 11.7 Å². The summed E-state index contributed by atoms with van der Waals surface area (Å²) >= 11 is 0. The molecule has 3 heterocycles. The van der Waals surface area contributed by atoms with Gasteiger partial charge in [0.1, 0.15) is 24.1 Å². The lowest BCUT2D eigenvalue weighted by atomic mass is 10.1. The lowest BCUT2D eigenvalue weighted by Gasteiger charge is -2.32. The molecule has 0 spiro atoms. The highest BCUT2D eigenvalue weighted by molar-refractivity contribution is 5.81. The number of imidazole rings is 1. The van der Waals surface area contributed by atoms with Gasteiger partial charge in [-0.25, -0.2) is 15.0 Å². The Morgan fingerprint density at radius 1 is 1.24 bits per heavy atom. The van der Waals surface area contributed by atoms with Crippen molar-refractivity contribution >= 4 is 17.0 Å². The molecule has 29 heavy (non-hydrogen) atoms. The van der Waals surface area contributed by atoms with Gasteiger partial charge < -0.3 is 25.7 Å². The lowest BCUT2D eigenvalue weighted by Crippen LogP contribution is -2.46. The Bertz CT molecular complexity index is 810. The molecule has 0 saturated carbocycles. The molecule has 1 saturated heterocycles. The molecule has 0 aromatic carbocycles. The SMILES string of the molecule is CO[C@H](CN(CCN)CC(C)C)[C@H]1OC(C)(C)O[C@H]1n1cnc2c(N)ncnc21. The van der Waals surface area contributed by atoms with Crippen molar-refractivity contribution in [2.45, 2.75) is 51.9 Å². The number of ether oxygens (including phenoxy) is 3. The van der Waals surface area contributed by atoms with Crippen molar-refractivity contribution in [1.82, 2.24) is 24.4 Å². The minimum Gasteiger partial charge on any atom is -0.382 e. The fourth-order valence-corrected chi connectivity index (χ4v) is 3.83. The van der Waals surface area contributed by atoms with E-state index in [9.17, 15) is 0 Å². The van der Waals surface area contributed by atoms with Crippen LogP contribution in [-0.2, 0) is 14.2 Å². The summed E-state index contributed by atoms with van der Waals surface area (Å²) in [7, 11) is 1.69. The molecule has 3 rings (SSSR count). The second kappa shape index (κ2) is 8.88. The third kappa shape index (κ3) is 4.84. The number of hydrogen-bond donors (Lipinski definition) is 2. The average molecular weight is 408 g/mol. The summed E-state index contributed by atoms with van der Waals surface area (Å²) in [6.07, 6.45) is 2.02. The molecule has 4 N–H and O–H groups in total. The van der Waals surface area contributed by atoms with E-state index in [2.05, 4.69) is 33.7 Å². The summed E-state index contributed by atoms with van der Waals surface area (Å²) in [5.74, 6) is 0.0695. The molecule has 1 aliphatic rings. The van der Waals surface area contributed by atoms with Gasteiger partial charge in [-0.1, -0.05) is 13.8 Å². The second-order valence-corrected chi connectivity index (χ2v) is 8.29. The molecule has 0 bridgehead atoms. The Labute approximate surface area is 171 Å². The first-order valence-corrected chi connectivity index (χ1v) is 9.99. The lowest BCUT2D eigenvalue weighted by molar-refractivity contribution is -0.161. The Balaban J connectivity index is 1.90. The van der Waals surface area contributed by atoms with Crippen LogP contribution in [-0.4, -0.2) is 75.7 Å². The predicted octanol–water partition coefficient (Wildman–Crippen LogP) is 0.990. The highest BCUT2D eigenvalue weighted by atomic mass is 16.8. The zero-order valence-corrected chi connectivity index (χ0v) is 17.9. The number of nitrogens with zero attached hydrogens (tertiary/aromatic N) is 5. The molecule has 1 fully saturated rings. The fraction of sp³-hybridized carbons (Fsp3) is 0.737. The molecule has 162 valence electrons. The molecule has 3 atom stereocenters. The van der Waals surface area contributed by atoms with Gasteiger partial charge in [0, 0.05) is 33.3 Å². The second-order valence-electron chi connectivity index (χ2n) is 8.29. The van der Waals surface area contributed by atoms with E-state index < -0.39 is 12.0 Å². The van der Waals surface area contributed by atoms with Crippen LogP contribution in [0.15, 0.2) is 12.7 Å².